The van der Waals surface area contributed by atoms with E-state index in [0.29, 0.717) is 9.79 Å². The highest BCUT2D eigenvalue weighted by molar-refractivity contribution is 7.98. The molecular weight excluding hydrogens is 338 g/mol. The van der Waals surface area contributed by atoms with Crippen LogP contribution in [0.25, 0.3) is 0 Å². The minimum atomic E-state index is -3.46. The van der Waals surface area contributed by atoms with Gasteiger partial charge in [0.1, 0.15) is 0 Å². The standard InChI is InChI=1S/C19H17NO2S2/c1-15-5-9-17(10-6-15)24(21,22)18-11-7-16(8-12-18)14-23-19-4-2-3-13-20-19/h2-13H,14H2,1H3. The Labute approximate surface area is 146 Å². The van der Waals surface area contributed by atoms with Gasteiger partial charge < -0.3 is 0 Å². The van der Waals surface area contributed by atoms with Crippen LogP contribution in [0, 0.1) is 6.92 Å². The molecule has 0 bridgehead atoms. The van der Waals surface area contributed by atoms with Gasteiger partial charge in [-0.15, -0.1) is 11.8 Å². The van der Waals surface area contributed by atoms with Crippen molar-refractivity contribution in [1.82, 2.24) is 4.98 Å². The molecule has 1 aromatic heterocycles. The molecule has 0 N–H and O–H groups in total. The fourth-order valence-electron chi connectivity index (χ4n) is 2.21. The molecule has 5 heteroatoms. The number of hydrogen-bond acceptors (Lipinski definition) is 4. The van der Waals surface area contributed by atoms with Gasteiger partial charge in [-0.1, -0.05) is 35.9 Å². The maximum atomic E-state index is 12.6. The second-order valence-corrected chi connectivity index (χ2v) is 8.36. The lowest BCUT2D eigenvalue weighted by atomic mass is 10.2. The van der Waals surface area contributed by atoms with Gasteiger partial charge in [0.05, 0.1) is 14.8 Å². The summed E-state index contributed by atoms with van der Waals surface area (Å²) in [5.74, 6) is 0.752. The second-order valence-electron chi connectivity index (χ2n) is 5.42. The minimum Gasteiger partial charge on any atom is -0.250 e. The molecule has 3 aromatic rings. The third kappa shape index (κ3) is 3.86. The van der Waals surface area contributed by atoms with Gasteiger partial charge in [0.25, 0.3) is 0 Å². The van der Waals surface area contributed by atoms with Crippen molar-refractivity contribution >= 4 is 21.6 Å². The third-order valence-corrected chi connectivity index (χ3v) is 6.39. The molecule has 122 valence electrons. The third-order valence-electron chi connectivity index (χ3n) is 3.59. The molecule has 0 amide bonds. The molecule has 3 nitrogen and oxygen atoms in total. The number of hydrogen-bond donors (Lipinski definition) is 0. The Kier molecular flexibility index (Phi) is 5.02. The Morgan fingerprint density at radius 1 is 0.875 bits per heavy atom. The van der Waals surface area contributed by atoms with Crippen molar-refractivity contribution in [3.8, 4) is 0 Å². The van der Waals surface area contributed by atoms with Gasteiger partial charge in [-0.05, 0) is 48.9 Å². The van der Waals surface area contributed by atoms with Crippen molar-refractivity contribution in [2.24, 2.45) is 0 Å². The van der Waals surface area contributed by atoms with E-state index >= 15 is 0 Å². The van der Waals surface area contributed by atoms with Crippen LogP contribution in [0.4, 0.5) is 0 Å². The number of thioether (sulfide) groups is 1. The maximum Gasteiger partial charge on any atom is 0.206 e. The summed E-state index contributed by atoms with van der Waals surface area (Å²) in [6.45, 7) is 1.93. The smallest absolute Gasteiger partial charge is 0.206 e. The number of aryl methyl sites for hydroxylation is 1. The number of benzene rings is 2. The monoisotopic (exact) mass is 355 g/mol. The summed E-state index contributed by atoms with van der Waals surface area (Å²) in [5, 5.41) is 0.953. The quantitative estimate of drug-likeness (QED) is 0.632. The first kappa shape index (κ1) is 16.7. The van der Waals surface area contributed by atoms with Crippen molar-refractivity contribution in [3.05, 3.63) is 84.1 Å². The van der Waals surface area contributed by atoms with Gasteiger partial charge >= 0.3 is 0 Å². The van der Waals surface area contributed by atoms with Crippen LogP contribution in [0.5, 0.6) is 0 Å². The van der Waals surface area contributed by atoms with Crippen LogP contribution in [-0.2, 0) is 15.6 Å². The molecule has 0 unspecified atom stereocenters. The van der Waals surface area contributed by atoms with Gasteiger partial charge in [0, 0.05) is 11.9 Å². The number of nitrogens with zero attached hydrogens (tertiary/aromatic N) is 1. The van der Waals surface area contributed by atoms with Crippen LogP contribution in [0.2, 0.25) is 0 Å². The predicted octanol–water partition coefficient (Wildman–Crippen LogP) is 4.52. The molecule has 1 heterocycles. The summed E-state index contributed by atoms with van der Waals surface area (Å²) in [5.41, 5.74) is 2.10. The largest absolute Gasteiger partial charge is 0.250 e. The molecule has 0 aliphatic heterocycles. The highest BCUT2D eigenvalue weighted by atomic mass is 32.2. The first-order chi connectivity index (χ1) is 11.6. The Morgan fingerprint density at radius 2 is 1.50 bits per heavy atom. The number of aromatic nitrogens is 1. The van der Waals surface area contributed by atoms with Gasteiger partial charge in [-0.2, -0.15) is 0 Å². The molecule has 0 atom stereocenters. The van der Waals surface area contributed by atoms with Crippen molar-refractivity contribution in [1.29, 1.82) is 0 Å². The summed E-state index contributed by atoms with van der Waals surface area (Å²) in [6, 6.07) is 19.8. The molecule has 0 fully saturated rings. The topological polar surface area (TPSA) is 47.0 Å². The number of pyridine rings is 1. The molecule has 0 aliphatic rings. The zero-order valence-electron chi connectivity index (χ0n) is 13.2. The normalized spacial score (nSPS) is 11.4. The Hall–Kier alpha value is -2.11. The zero-order valence-corrected chi connectivity index (χ0v) is 14.8. The summed E-state index contributed by atoms with van der Waals surface area (Å²) in [4.78, 5) is 4.90. The molecule has 0 aliphatic carbocycles. The van der Waals surface area contributed by atoms with Gasteiger partial charge in [-0.25, -0.2) is 13.4 Å². The van der Waals surface area contributed by atoms with Gasteiger partial charge in [-0.3, -0.25) is 0 Å². The predicted molar refractivity (Wildman–Crippen MR) is 96.9 cm³/mol. The molecule has 0 radical (unpaired) electrons. The van der Waals surface area contributed by atoms with Gasteiger partial charge in [0.15, 0.2) is 0 Å². The minimum absolute atomic E-state index is 0.318. The van der Waals surface area contributed by atoms with Crippen molar-refractivity contribution in [2.75, 3.05) is 0 Å². The molecule has 3 rings (SSSR count). The van der Waals surface area contributed by atoms with E-state index in [1.165, 1.54) is 0 Å². The lowest BCUT2D eigenvalue weighted by molar-refractivity contribution is 0.596. The Morgan fingerprint density at radius 3 is 2.08 bits per heavy atom. The van der Waals surface area contributed by atoms with Crippen LogP contribution in [0.1, 0.15) is 11.1 Å². The average molecular weight is 355 g/mol. The lowest BCUT2D eigenvalue weighted by Gasteiger charge is -2.07. The molecule has 0 saturated heterocycles. The van der Waals surface area contributed by atoms with E-state index in [1.54, 1.807) is 42.2 Å². The van der Waals surface area contributed by atoms with E-state index < -0.39 is 9.84 Å². The highest BCUT2D eigenvalue weighted by Gasteiger charge is 2.17. The first-order valence-electron chi connectivity index (χ1n) is 7.50. The molecule has 24 heavy (non-hydrogen) atoms. The van der Waals surface area contributed by atoms with E-state index in [-0.39, 0.29) is 0 Å². The Balaban J connectivity index is 1.75. The molecular formula is C19H17NO2S2. The lowest BCUT2D eigenvalue weighted by Crippen LogP contribution is -2.02. The summed E-state index contributed by atoms with van der Waals surface area (Å²) < 4.78 is 25.2. The number of sulfone groups is 1. The first-order valence-corrected chi connectivity index (χ1v) is 9.97. The van der Waals surface area contributed by atoms with E-state index in [9.17, 15) is 8.42 Å². The summed E-state index contributed by atoms with van der Waals surface area (Å²) >= 11 is 1.62. The zero-order chi connectivity index (χ0) is 17.0. The van der Waals surface area contributed by atoms with E-state index in [2.05, 4.69) is 4.98 Å². The van der Waals surface area contributed by atoms with E-state index in [4.69, 9.17) is 0 Å². The Bertz CT molecular complexity index is 904. The summed E-state index contributed by atoms with van der Waals surface area (Å²) in [7, 11) is -3.46. The van der Waals surface area contributed by atoms with Crippen LogP contribution in [0.3, 0.4) is 0 Å². The fourth-order valence-corrected chi connectivity index (χ4v) is 4.29. The SMILES string of the molecule is Cc1ccc(S(=O)(=O)c2ccc(CSc3ccccn3)cc2)cc1. The van der Waals surface area contributed by atoms with Crippen molar-refractivity contribution < 1.29 is 8.42 Å². The number of rotatable bonds is 5. The van der Waals surface area contributed by atoms with E-state index in [1.807, 2.05) is 49.4 Å². The van der Waals surface area contributed by atoms with Gasteiger partial charge in [0.2, 0.25) is 9.84 Å². The molecule has 0 saturated carbocycles. The highest BCUT2D eigenvalue weighted by Crippen LogP contribution is 2.24. The average Bonchev–Trinajstić information content (AvgIpc) is 2.61. The summed E-state index contributed by atoms with van der Waals surface area (Å²) in [6.07, 6.45) is 1.76. The van der Waals surface area contributed by atoms with Crippen LogP contribution < -0.4 is 0 Å². The van der Waals surface area contributed by atoms with Crippen LogP contribution >= 0.6 is 11.8 Å². The van der Waals surface area contributed by atoms with Crippen molar-refractivity contribution in [3.63, 3.8) is 0 Å². The van der Waals surface area contributed by atoms with E-state index in [0.717, 1.165) is 21.9 Å². The molecule has 2 aromatic carbocycles. The maximum absolute atomic E-state index is 12.6. The van der Waals surface area contributed by atoms with Crippen LogP contribution in [0.15, 0.2) is 87.7 Å². The molecule has 0 spiro atoms. The second kappa shape index (κ2) is 7.20. The van der Waals surface area contributed by atoms with Crippen molar-refractivity contribution in [2.45, 2.75) is 27.5 Å². The van der Waals surface area contributed by atoms with Crippen LogP contribution in [-0.4, -0.2) is 13.4 Å². The fraction of sp³-hybridized carbons (Fsp3) is 0.105.